The molecule has 16 heavy (non-hydrogen) atoms. The molecule has 0 spiro atoms. The molecule has 0 saturated carbocycles. The fraction of sp³-hybridized carbons (Fsp3) is 0.600. The van der Waals surface area contributed by atoms with E-state index in [1.807, 2.05) is 0 Å². The molecule has 1 aromatic rings. The lowest BCUT2D eigenvalue weighted by atomic mass is 10.2. The predicted octanol–water partition coefficient (Wildman–Crippen LogP) is 2.40. The highest BCUT2D eigenvalue weighted by Crippen LogP contribution is 2.27. The van der Waals surface area contributed by atoms with Crippen LogP contribution >= 0.6 is 23.2 Å². The Kier molecular flexibility index (Phi) is 3.84. The minimum atomic E-state index is 0.247. The van der Waals surface area contributed by atoms with Crippen molar-refractivity contribution in [3.8, 4) is 0 Å². The van der Waals surface area contributed by atoms with Gasteiger partial charge in [-0.15, -0.1) is 10.2 Å². The van der Waals surface area contributed by atoms with E-state index in [2.05, 4.69) is 22.0 Å². The van der Waals surface area contributed by atoms with Gasteiger partial charge in [0.15, 0.2) is 10.3 Å². The summed E-state index contributed by atoms with van der Waals surface area (Å²) < 4.78 is 5.60. The van der Waals surface area contributed by atoms with Gasteiger partial charge in [0.25, 0.3) is 0 Å². The molecule has 0 radical (unpaired) electrons. The van der Waals surface area contributed by atoms with Gasteiger partial charge < -0.3 is 9.64 Å². The first-order chi connectivity index (χ1) is 7.70. The van der Waals surface area contributed by atoms with Crippen LogP contribution in [0.3, 0.4) is 0 Å². The fourth-order valence-corrected chi connectivity index (χ4v) is 2.10. The van der Waals surface area contributed by atoms with E-state index in [9.17, 15) is 0 Å². The standard InChI is InChI=1S/C10H13Cl2N3O/c1-2-7-6-15(3-4-16-7)8-5-9(11)13-14-10(8)12/h5,7H,2-4,6H2,1H3. The summed E-state index contributed by atoms with van der Waals surface area (Å²) in [4.78, 5) is 2.14. The normalized spacial score (nSPS) is 21.2. The van der Waals surface area contributed by atoms with Crippen LogP contribution < -0.4 is 4.90 Å². The van der Waals surface area contributed by atoms with Crippen LogP contribution in [0.1, 0.15) is 13.3 Å². The van der Waals surface area contributed by atoms with Crippen LogP contribution in [0.2, 0.25) is 10.3 Å². The number of hydrogen-bond acceptors (Lipinski definition) is 4. The van der Waals surface area contributed by atoms with Crippen molar-refractivity contribution in [3.63, 3.8) is 0 Å². The molecule has 1 saturated heterocycles. The van der Waals surface area contributed by atoms with Crippen LogP contribution in [0.25, 0.3) is 0 Å². The number of rotatable bonds is 2. The molecule has 0 aliphatic carbocycles. The zero-order valence-corrected chi connectivity index (χ0v) is 10.5. The Hall–Kier alpha value is -0.580. The number of nitrogens with zero attached hydrogens (tertiary/aromatic N) is 3. The first kappa shape index (κ1) is 11.9. The predicted molar refractivity (Wildman–Crippen MR) is 64.3 cm³/mol. The van der Waals surface area contributed by atoms with Crippen molar-refractivity contribution < 1.29 is 4.74 Å². The first-order valence-corrected chi connectivity index (χ1v) is 6.01. The van der Waals surface area contributed by atoms with Crippen molar-refractivity contribution in [3.05, 3.63) is 16.4 Å². The third-order valence-corrected chi connectivity index (χ3v) is 3.09. The zero-order chi connectivity index (χ0) is 11.5. The highest BCUT2D eigenvalue weighted by molar-refractivity contribution is 6.33. The Labute approximate surface area is 105 Å². The Morgan fingerprint density at radius 2 is 2.31 bits per heavy atom. The van der Waals surface area contributed by atoms with E-state index in [1.165, 1.54) is 0 Å². The highest BCUT2D eigenvalue weighted by atomic mass is 35.5. The van der Waals surface area contributed by atoms with E-state index in [1.54, 1.807) is 6.07 Å². The molecule has 1 aliphatic heterocycles. The van der Waals surface area contributed by atoms with E-state index in [0.29, 0.717) is 16.9 Å². The molecule has 6 heteroatoms. The second-order valence-electron chi connectivity index (χ2n) is 3.69. The molecule has 0 N–H and O–H groups in total. The van der Waals surface area contributed by atoms with Gasteiger partial charge in [-0.3, -0.25) is 0 Å². The highest BCUT2D eigenvalue weighted by Gasteiger charge is 2.21. The average Bonchev–Trinajstić information content (AvgIpc) is 2.32. The van der Waals surface area contributed by atoms with Gasteiger partial charge in [-0.05, 0) is 6.42 Å². The molecule has 0 bridgehead atoms. The van der Waals surface area contributed by atoms with Crippen molar-refractivity contribution in [1.29, 1.82) is 0 Å². The van der Waals surface area contributed by atoms with Crippen LogP contribution in [0.5, 0.6) is 0 Å². The quantitative estimate of drug-likeness (QED) is 0.820. The lowest BCUT2D eigenvalue weighted by Gasteiger charge is -2.34. The maximum absolute atomic E-state index is 6.01. The monoisotopic (exact) mass is 261 g/mol. The Balaban J connectivity index is 2.19. The van der Waals surface area contributed by atoms with E-state index < -0.39 is 0 Å². The van der Waals surface area contributed by atoms with Crippen LogP contribution in [0.4, 0.5) is 5.69 Å². The number of ether oxygens (including phenoxy) is 1. The SMILES string of the molecule is CCC1CN(c2cc(Cl)nnc2Cl)CCO1. The summed E-state index contributed by atoms with van der Waals surface area (Å²) in [5.74, 6) is 0. The van der Waals surface area contributed by atoms with Crippen molar-refractivity contribution in [2.45, 2.75) is 19.4 Å². The molecule has 0 aromatic carbocycles. The van der Waals surface area contributed by atoms with E-state index in [0.717, 1.165) is 25.2 Å². The molecule has 2 heterocycles. The number of aromatic nitrogens is 2. The second kappa shape index (κ2) is 5.17. The van der Waals surface area contributed by atoms with E-state index >= 15 is 0 Å². The molecule has 1 atom stereocenters. The van der Waals surface area contributed by atoms with Crippen LogP contribution in [0.15, 0.2) is 6.07 Å². The molecule has 1 fully saturated rings. The molecule has 0 amide bonds. The second-order valence-corrected chi connectivity index (χ2v) is 4.44. The van der Waals surface area contributed by atoms with Gasteiger partial charge in [0, 0.05) is 19.2 Å². The third-order valence-electron chi connectivity index (χ3n) is 2.64. The molecule has 1 unspecified atom stereocenters. The van der Waals surface area contributed by atoms with E-state index in [4.69, 9.17) is 27.9 Å². The van der Waals surface area contributed by atoms with Crippen molar-refractivity contribution in [2.75, 3.05) is 24.6 Å². The summed E-state index contributed by atoms with van der Waals surface area (Å²) in [5.41, 5.74) is 0.836. The van der Waals surface area contributed by atoms with Gasteiger partial charge in [-0.2, -0.15) is 0 Å². The van der Waals surface area contributed by atoms with Gasteiger partial charge in [-0.25, -0.2) is 0 Å². The minimum Gasteiger partial charge on any atom is -0.375 e. The minimum absolute atomic E-state index is 0.247. The number of halogens is 2. The van der Waals surface area contributed by atoms with Crippen LogP contribution in [-0.2, 0) is 4.74 Å². The van der Waals surface area contributed by atoms with Crippen molar-refractivity contribution in [1.82, 2.24) is 10.2 Å². The Morgan fingerprint density at radius 1 is 1.50 bits per heavy atom. The number of hydrogen-bond donors (Lipinski definition) is 0. The van der Waals surface area contributed by atoms with Gasteiger partial charge in [0.2, 0.25) is 0 Å². The third kappa shape index (κ3) is 2.56. The van der Waals surface area contributed by atoms with Crippen molar-refractivity contribution >= 4 is 28.9 Å². The maximum atomic E-state index is 6.01. The molecular formula is C10H13Cl2N3O. The van der Waals surface area contributed by atoms with Crippen LogP contribution in [0, 0.1) is 0 Å². The molecule has 4 nitrogen and oxygen atoms in total. The summed E-state index contributed by atoms with van der Waals surface area (Å²) in [6.45, 7) is 4.43. The fourth-order valence-electron chi connectivity index (χ4n) is 1.75. The van der Waals surface area contributed by atoms with E-state index in [-0.39, 0.29) is 6.10 Å². The zero-order valence-electron chi connectivity index (χ0n) is 8.99. The largest absolute Gasteiger partial charge is 0.375 e. The summed E-state index contributed by atoms with van der Waals surface area (Å²) in [7, 11) is 0. The Morgan fingerprint density at radius 3 is 3.06 bits per heavy atom. The molecule has 1 aromatic heterocycles. The lowest BCUT2D eigenvalue weighted by molar-refractivity contribution is 0.0384. The molecule has 1 aliphatic rings. The molecule has 88 valence electrons. The summed E-state index contributed by atoms with van der Waals surface area (Å²) in [6.07, 6.45) is 1.23. The van der Waals surface area contributed by atoms with Crippen LogP contribution in [-0.4, -0.2) is 36.0 Å². The maximum Gasteiger partial charge on any atom is 0.175 e. The van der Waals surface area contributed by atoms with Gasteiger partial charge in [-0.1, -0.05) is 30.1 Å². The lowest BCUT2D eigenvalue weighted by Crippen LogP contribution is -2.42. The summed E-state index contributed by atoms with van der Waals surface area (Å²) >= 11 is 11.8. The van der Waals surface area contributed by atoms with Gasteiger partial charge in [0.1, 0.15) is 0 Å². The first-order valence-electron chi connectivity index (χ1n) is 5.26. The average molecular weight is 262 g/mol. The van der Waals surface area contributed by atoms with Gasteiger partial charge >= 0.3 is 0 Å². The summed E-state index contributed by atoms with van der Waals surface area (Å²) in [5, 5.41) is 8.25. The molecule has 2 rings (SSSR count). The smallest absolute Gasteiger partial charge is 0.175 e. The molecular weight excluding hydrogens is 249 g/mol. The van der Waals surface area contributed by atoms with Gasteiger partial charge in [0.05, 0.1) is 18.4 Å². The topological polar surface area (TPSA) is 38.2 Å². The van der Waals surface area contributed by atoms with Crippen molar-refractivity contribution in [2.24, 2.45) is 0 Å². The Bertz CT molecular complexity index is 375. The number of anilines is 1. The summed E-state index contributed by atoms with van der Waals surface area (Å²) in [6, 6.07) is 1.74. The number of morpholine rings is 1.